The first-order chi connectivity index (χ1) is 9.27. The Kier molecular flexibility index (Phi) is 5.36. The Balaban J connectivity index is 2.09. The lowest BCUT2D eigenvalue weighted by Crippen LogP contribution is -2.40. The highest BCUT2D eigenvalue weighted by molar-refractivity contribution is 7.10. The monoisotopic (exact) mass is 283 g/mol. The summed E-state index contributed by atoms with van der Waals surface area (Å²) in [5.41, 5.74) is 1.20. The van der Waals surface area contributed by atoms with Gasteiger partial charge in [0.25, 0.3) is 0 Å². The lowest BCUT2D eigenvalue weighted by molar-refractivity contribution is -0.134. The van der Waals surface area contributed by atoms with E-state index >= 15 is 0 Å². The molecule has 0 aliphatic heterocycles. The SMILES string of the molecule is COCCN(CCO)C(=O)C1CCCc2sccc21. The van der Waals surface area contributed by atoms with Gasteiger partial charge in [0.15, 0.2) is 0 Å². The van der Waals surface area contributed by atoms with Gasteiger partial charge in [0.05, 0.1) is 19.1 Å². The van der Waals surface area contributed by atoms with Crippen LogP contribution in [-0.4, -0.2) is 49.3 Å². The van der Waals surface area contributed by atoms with Crippen LogP contribution in [0.4, 0.5) is 0 Å². The number of aliphatic hydroxyl groups is 1. The molecule has 1 aromatic heterocycles. The van der Waals surface area contributed by atoms with E-state index in [2.05, 4.69) is 11.4 Å². The minimum Gasteiger partial charge on any atom is -0.395 e. The predicted molar refractivity (Wildman–Crippen MR) is 75.5 cm³/mol. The summed E-state index contributed by atoms with van der Waals surface area (Å²) in [6.45, 7) is 1.44. The minimum atomic E-state index is -0.0293. The van der Waals surface area contributed by atoms with E-state index in [1.54, 1.807) is 23.3 Å². The predicted octanol–water partition coefficient (Wildman–Crippen LogP) is 1.64. The van der Waals surface area contributed by atoms with E-state index in [0.717, 1.165) is 19.3 Å². The van der Waals surface area contributed by atoms with Gasteiger partial charge in [-0.2, -0.15) is 0 Å². The van der Waals surface area contributed by atoms with Crippen molar-refractivity contribution in [3.63, 3.8) is 0 Å². The van der Waals surface area contributed by atoms with Crippen LogP contribution in [0.3, 0.4) is 0 Å². The van der Waals surface area contributed by atoms with Crippen molar-refractivity contribution in [2.75, 3.05) is 33.4 Å². The fraction of sp³-hybridized carbons (Fsp3) is 0.643. The Bertz CT molecular complexity index is 419. The van der Waals surface area contributed by atoms with Gasteiger partial charge < -0.3 is 14.7 Å². The zero-order chi connectivity index (χ0) is 13.7. The summed E-state index contributed by atoms with van der Waals surface area (Å²) in [5.74, 6) is 0.101. The lowest BCUT2D eigenvalue weighted by atomic mass is 9.86. The average Bonchev–Trinajstić information content (AvgIpc) is 2.91. The van der Waals surface area contributed by atoms with E-state index in [1.165, 1.54) is 10.4 Å². The first-order valence-corrected chi connectivity index (χ1v) is 7.60. The molecule has 1 aliphatic rings. The van der Waals surface area contributed by atoms with Gasteiger partial charge in [-0.1, -0.05) is 0 Å². The third-order valence-corrected chi connectivity index (χ3v) is 4.59. The molecule has 1 N–H and O–H groups in total. The van der Waals surface area contributed by atoms with Crippen molar-refractivity contribution in [1.29, 1.82) is 0 Å². The molecule has 0 fully saturated rings. The number of amides is 1. The normalized spacial score (nSPS) is 18.1. The molecule has 1 atom stereocenters. The van der Waals surface area contributed by atoms with Crippen LogP contribution in [0.1, 0.15) is 29.2 Å². The summed E-state index contributed by atoms with van der Waals surface area (Å²) in [6.07, 6.45) is 3.08. The smallest absolute Gasteiger partial charge is 0.230 e. The van der Waals surface area contributed by atoms with Crippen molar-refractivity contribution in [1.82, 2.24) is 4.90 Å². The molecule has 0 saturated carbocycles. The Hall–Kier alpha value is -0.910. The van der Waals surface area contributed by atoms with Crippen LogP contribution in [0.25, 0.3) is 0 Å². The zero-order valence-electron chi connectivity index (χ0n) is 11.3. The number of carbonyl (C=O) groups is 1. The maximum Gasteiger partial charge on any atom is 0.230 e. The number of aliphatic hydroxyl groups excluding tert-OH is 1. The van der Waals surface area contributed by atoms with Crippen LogP contribution in [0.5, 0.6) is 0 Å². The van der Waals surface area contributed by atoms with Gasteiger partial charge in [-0.3, -0.25) is 4.79 Å². The maximum absolute atomic E-state index is 12.6. The van der Waals surface area contributed by atoms with Gasteiger partial charge in [0.2, 0.25) is 5.91 Å². The molecule has 0 bridgehead atoms. The second-order valence-electron chi connectivity index (χ2n) is 4.79. The Morgan fingerprint density at radius 3 is 3.16 bits per heavy atom. The maximum atomic E-state index is 12.6. The number of hydrogen-bond donors (Lipinski definition) is 1. The number of fused-ring (bicyclic) bond motifs is 1. The average molecular weight is 283 g/mol. The zero-order valence-corrected chi connectivity index (χ0v) is 12.1. The highest BCUT2D eigenvalue weighted by Crippen LogP contribution is 2.36. The summed E-state index contributed by atoms with van der Waals surface area (Å²) in [6, 6.07) is 2.08. The summed E-state index contributed by atoms with van der Waals surface area (Å²) >= 11 is 1.74. The molecule has 1 aliphatic carbocycles. The fourth-order valence-electron chi connectivity index (χ4n) is 2.62. The minimum absolute atomic E-state index is 0.00132. The van der Waals surface area contributed by atoms with Crippen LogP contribution >= 0.6 is 11.3 Å². The first-order valence-electron chi connectivity index (χ1n) is 6.72. The number of rotatable bonds is 6. The molecule has 1 heterocycles. The van der Waals surface area contributed by atoms with Crippen molar-refractivity contribution in [2.24, 2.45) is 0 Å². The summed E-state index contributed by atoms with van der Waals surface area (Å²) in [5, 5.41) is 11.2. The molecular formula is C14H21NO3S. The van der Waals surface area contributed by atoms with Crippen molar-refractivity contribution in [2.45, 2.75) is 25.2 Å². The topological polar surface area (TPSA) is 49.8 Å². The van der Waals surface area contributed by atoms with E-state index in [-0.39, 0.29) is 18.4 Å². The molecule has 0 aromatic carbocycles. The standard InChI is InChI=1S/C14H21NO3S/c1-18-9-7-15(6-8-16)14(17)12-3-2-4-13-11(12)5-10-19-13/h5,10,12,16H,2-4,6-9H2,1H3. The Labute approximate surface area is 118 Å². The van der Waals surface area contributed by atoms with Gasteiger partial charge >= 0.3 is 0 Å². The van der Waals surface area contributed by atoms with E-state index in [1.807, 2.05) is 0 Å². The number of thiophene rings is 1. The van der Waals surface area contributed by atoms with E-state index in [4.69, 9.17) is 9.84 Å². The molecule has 1 amide bonds. The van der Waals surface area contributed by atoms with Gasteiger partial charge in [0.1, 0.15) is 0 Å². The quantitative estimate of drug-likeness (QED) is 0.863. The highest BCUT2D eigenvalue weighted by atomic mass is 32.1. The summed E-state index contributed by atoms with van der Waals surface area (Å²) < 4.78 is 5.04. The van der Waals surface area contributed by atoms with Crippen LogP contribution in [0.15, 0.2) is 11.4 Å². The molecule has 1 aromatic rings. The summed E-state index contributed by atoms with van der Waals surface area (Å²) in [7, 11) is 1.62. The fourth-order valence-corrected chi connectivity index (χ4v) is 3.61. The van der Waals surface area contributed by atoms with Gasteiger partial charge in [-0.15, -0.1) is 11.3 Å². The molecule has 0 spiro atoms. The van der Waals surface area contributed by atoms with Crippen LogP contribution in [0.2, 0.25) is 0 Å². The van der Waals surface area contributed by atoms with Crippen LogP contribution in [-0.2, 0) is 16.0 Å². The Morgan fingerprint density at radius 1 is 1.58 bits per heavy atom. The first kappa shape index (κ1) is 14.5. The molecule has 1 unspecified atom stereocenters. The lowest BCUT2D eigenvalue weighted by Gasteiger charge is -2.29. The van der Waals surface area contributed by atoms with Crippen molar-refractivity contribution in [3.05, 3.63) is 21.9 Å². The second-order valence-corrected chi connectivity index (χ2v) is 5.79. The van der Waals surface area contributed by atoms with E-state index in [0.29, 0.717) is 19.7 Å². The second kappa shape index (κ2) is 7.03. The van der Waals surface area contributed by atoms with Gasteiger partial charge in [-0.25, -0.2) is 0 Å². The van der Waals surface area contributed by atoms with Gasteiger partial charge in [-0.05, 0) is 36.3 Å². The molecule has 19 heavy (non-hydrogen) atoms. The number of carbonyl (C=O) groups excluding carboxylic acids is 1. The van der Waals surface area contributed by atoms with E-state index < -0.39 is 0 Å². The number of methoxy groups -OCH3 is 1. The number of nitrogens with zero attached hydrogens (tertiary/aromatic N) is 1. The van der Waals surface area contributed by atoms with Crippen molar-refractivity contribution >= 4 is 17.2 Å². The molecule has 0 saturated heterocycles. The summed E-state index contributed by atoms with van der Waals surface area (Å²) in [4.78, 5) is 15.7. The highest BCUT2D eigenvalue weighted by Gasteiger charge is 2.30. The number of ether oxygens (including phenoxy) is 1. The molecule has 2 rings (SSSR count). The molecule has 5 heteroatoms. The largest absolute Gasteiger partial charge is 0.395 e. The molecular weight excluding hydrogens is 262 g/mol. The Morgan fingerprint density at radius 2 is 2.42 bits per heavy atom. The third-order valence-electron chi connectivity index (χ3n) is 3.60. The van der Waals surface area contributed by atoms with Gasteiger partial charge in [0, 0.05) is 25.1 Å². The van der Waals surface area contributed by atoms with E-state index in [9.17, 15) is 4.79 Å². The van der Waals surface area contributed by atoms with Crippen LogP contribution < -0.4 is 0 Å². The number of hydrogen-bond acceptors (Lipinski definition) is 4. The number of aryl methyl sites for hydroxylation is 1. The molecule has 4 nitrogen and oxygen atoms in total. The van der Waals surface area contributed by atoms with Crippen molar-refractivity contribution < 1.29 is 14.6 Å². The third kappa shape index (κ3) is 3.35. The van der Waals surface area contributed by atoms with Crippen molar-refractivity contribution in [3.8, 4) is 0 Å². The molecule has 0 radical (unpaired) electrons. The van der Waals surface area contributed by atoms with Crippen LogP contribution in [0, 0.1) is 0 Å². The molecule has 106 valence electrons.